The summed E-state index contributed by atoms with van der Waals surface area (Å²) in [6, 6.07) is 5.43. The van der Waals surface area contributed by atoms with Gasteiger partial charge in [-0.05, 0) is 24.1 Å². The molecule has 0 bridgehead atoms. The Balaban J connectivity index is 2.01. The van der Waals surface area contributed by atoms with Crippen LogP contribution in [-0.4, -0.2) is 23.6 Å². The van der Waals surface area contributed by atoms with Crippen molar-refractivity contribution in [1.29, 1.82) is 0 Å². The average Bonchev–Trinajstić information content (AvgIpc) is 2.41. The van der Waals surface area contributed by atoms with Gasteiger partial charge in [0.1, 0.15) is 6.33 Å². The standard InChI is InChI=1S/C13H12Cl3N3O/c1-20-11-12(16)18-7-19-13(11)17-5-4-8-2-3-9(14)6-10(8)15/h2-3,6-7H,4-5H2,1H3,(H,17,18,19). The van der Waals surface area contributed by atoms with Gasteiger partial charge in [-0.1, -0.05) is 40.9 Å². The van der Waals surface area contributed by atoms with E-state index in [2.05, 4.69) is 15.3 Å². The maximum absolute atomic E-state index is 6.11. The second-order valence-electron chi connectivity index (χ2n) is 3.96. The van der Waals surface area contributed by atoms with Crippen LogP contribution in [0.3, 0.4) is 0 Å². The van der Waals surface area contributed by atoms with Gasteiger partial charge in [0.25, 0.3) is 0 Å². The highest BCUT2D eigenvalue weighted by Gasteiger charge is 2.09. The van der Waals surface area contributed by atoms with Gasteiger partial charge in [-0.3, -0.25) is 0 Å². The minimum absolute atomic E-state index is 0.273. The molecule has 0 aliphatic carbocycles. The third-order valence-corrected chi connectivity index (χ3v) is 3.52. The van der Waals surface area contributed by atoms with Crippen LogP contribution in [0.1, 0.15) is 5.56 Å². The lowest BCUT2D eigenvalue weighted by molar-refractivity contribution is 0.413. The number of methoxy groups -OCH3 is 1. The van der Waals surface area contributed by atoms with Crippen LogP contribution in [-0.2, 0) is 6.42 Å². The molecule has 0 aliphatic rings. The molecule has 0 radical (unpaired) electrons. The van der Waals surface area contributed by atoms with Crippen molar-refractivity contribution in [3.8, 4) is 5.75 Å². The van der Waals surface area contributed by atoms with Crippen molar-refractivity contribution in [2.24, 2.45) is 0 Å². The van der Waals surface area contributed by atoms with Crippen molar-refractivity contribution < 1.29 is 4.74 Å². The molecule has 2 rings (SSSR count). The Morgan fingerprint density at radius 1 is 1.20 bits per heavy atom. The number of anilines is 1. The number of halogens is 3. The van der Waals surface area contributed by atoms with Crippen LogP contribution in [0.4, 0.5) is 5.82 Å². The quantitative estimate of drug-likeness (QED) is 0.837. The Kier molecular flexibility index (Phi) is 5.29. The summed E-state index contributed by atoms with van der Waals surface area (Å²) in [5, 5.41) is 4.68. The van der Waals surface area contributed by atoms with Gasteiger partial charge in [0.15, 0.2) is 16.7 Å². The topological polar surface area (TPSA) is 47.0 Å². The highest BCUT2D eigenvalue weighted by atomic mass is 35.5. The fourth-order valence-electron chi connectivity index (χ4n) is 1.70. The first-order valence-electron chi connectivity index (χ1n) is 5.84. The van der Waals surface area contributed by atoms with Gasteiger partial charge < -0.3 is 10.1 Å². The summed E-state index contributed by atoms with van der Waals surface area (Å²) >= 11 is 17.9. The van der Waals surface area contributed by atoms with Gasteiger partial charge in [0.05, 0.1) is 7.11 Å². The van der Waals surface area contributed by atoms with Gasteiger partial charge in [0, 0.05) is 16.6 Å². The summed E-state index contributed by atoms with van der Waals surface area (Å²) in [5.74, 6) is 0.981. The Hall–Kier alpha value is -1.23. The van der Waals surface area contributed by atoms with E-state index < -0.39 is 0 Å². The first-order valence-corrected chi connectivity index (χ1v) is 6.97. The molecule has 20 heavy (non-hydrogen) atoms. The van der Waals surface area contributed by atoms with Gasteiger partial charge in [-0.15, -0.1) is 0 Å². The predicted octanol–water partition coefficient (Wildman–Crippen LogP) is 4.10. The van der Waals surface area contributed by atoms with E-state index in [0.29, 0.717) is 28.2 Å². The first kappa shape index (κ1) is 15.2. The minimum Gasteiger partial charge on any atom is -0.490 e. The van der Waals surface area contributed by atoms with Crippen LogP contribution >= 0.6 is 34.8 Å². The molecule has 4 nitrogen and oxygen atoms in total. The van der Waals surface area contributed by atoms with Crippen LogP contribution in [0.25, 0.3) is 0 Å². The van der Waals surface area contributed by atoms with Gasteiger partial charge in [0.2, 0.25) is 0 Å². The minimum atomic E-state index is 0.273. The molecule has 0 unspecified atom stereocenters. The normalized spacial score (nSPS) is 10.4. The summed E-state index contributed by atoms with van der Waals surface area (Å²) in [4.78, 5) is 7.95. The van der Waals surface area contributed by atoms with E-state index in [4.69, 9.17) is 39.5 Å². The van der Waals surface area contributed by atoms with Crippen molar-refractivity contribution in [3.05, 3.63) is 45.3 Å². The Labute approximate surface area is 132 Å². The molecule has 106 valence electrons. The highest BCUT2D eigenvalue weighted by molar-refractivity contribution is 6.35. The van der Waals surface area contributed by atoms with Crippen molar-refractivity contribution in [1.82, 2.24) is 9.97 Å². The summed E-state index contributed by atoms with van der Waals surface area (Å²) in [5.41, 5.74) is 1.00. The van der Waals surface area contributed by atoms with Crippen LogP contribution in [0.15, 0.2) is 24.5 Å². The zero-order valence-electron chi connectivity index (χ0n) is 10.7. The zero-order valence-corrected chi connectivity index (χ0v) is 12.9. The summed E-state index contributed by atoms with van der Waals surface area (Å²) < 4.78 is 5.16. The van der Waals surface area contributed by atoms with Crippen LogP contribution in [0.5, 0.6) is 5.75 Å². The number of nitrogens with zero attached hydrogens (tertiary/aromatic N) is 2. The lowest BCUT2D eigenvalue weighted by Crippen LogP contribution is -2.08. The van der Waals surface area contributed by atoms with E-state index in [1.807, 2.05) is 12.1 Å². The lowest BCUT2D eigenvalue weighted by atomic mass is 10.1. The summed E-state index contributed by atoms with van der Waals surface area (Å²) in [6.45, 7) is 0.630. The van der Waals surface area contributed by atoms with Gasteiger partial charge >= 0.3 is 0 Å². The molecule has 0 saturated heterocycles. The van der Waals surface area contributed by atoms with Gasteiger partial charge in [-0.2, -0.15) is 0 Å². The fourth-order valence-corrected chi connectivity index (χ4v) is 2.41. The van der Waals surface area contributed by atoms with E-state index in [1.165, 1.54) is 13.4 Å². The van der Waals surface area contributed by atoms with Crippen LogP contribution in [0.2, 0.25) is 15.2 Å². The number of nitrogens with one attached hydrogen (secondary N) is 1. The van der Waals surface area contributed by atoms with Crippen molar-refractivity contribution in [2.45, 2.75) is 6.42 Å². The van der Waals surface area contributed by atoms with E-state index in [0.717, 1.165) is 12.0 Å². The molecule has 0 amide bonds. The molecule has 7 heteroatoms. The molecule has 2 aromatic rings. The van der Waals surface area contributed by atoms with E-state index in [9.17, 15) is 0 Å². The molecular weight excluding hydrogens is 321 g/mol. The smallest absolute Gasteiger partial charge is 0.198 e. The Bertz CT molecular complexity index is 607. The lowest BCUT2D eigenvalue weighted by Gasteiger charge is -2.11. The third kappa shape index (κ3) is 3.66. The molecule has 0 fully saturated rings. The molecule has 0 spiro atoms. The van der Waals surface area contributed by atoms with Crippen LogP contribution in [0, 0.1) is 0 Å². The number of hydrogen-bond acceptors (Lipinski definition) is 4. The first-order chi connectivity index (χ1) is 9.61. The monoisotopic (exact) mass is 331 g/mol. The second-order valence-corrected chi connectivity index (χ2v) is 5.16. The Morgan fingerprint density at radius 2 is 2.00 bits per heavy atom. The van der Waals surface area contributed by atoms with Crippen molar-refractivity contribution >= 4 is 40.6 Å². The summed E-state index contributed by atoms with van der Waals surface area (Å²) in [6.07, 6.45) is 2.10. The van der Waals surface area contributed by atoms with E-state index in [1.54, 1.807) is 6.07 Å². The molecule has 0 atom stereocenters. The molecule has 1 N–H and O–H groups in total. The van der Waals surface area contributed by atoms with Crippen LogP contribution < -0.4 is 10.1 Å². The van der Waals surface area contributed by atoms with E-state index >= 15 is 0 Å². The van der Waals surface area contributed by atoms with Crippen molar-refractivity contribution in [2.75, 3.05) is 19.0 Å². The average molecular weight is 333 g/mol. The molecule has 1 aromatic heterocycles. The number of rotatable bonds is 5. The Morgan fingerprint density at radius 3 is 2.70 bits per heavy atom. The molecule has 1 aromatic carbocycles. The molecule has 1 heterocycles. The number of ether oxygens (including phenoxy) is 1. The van der Waals surface area contributed by atoms with E-state index in [-0.39, 0.29) is 5.15 Å². The SMILES string of the molecule is COc1c(Cl)ncnc1NCCc1ccc(Cl)cc1Cl. The van der Waals surface area contributed by atoms with Gasteiger partial charge in [-0.25, -0.2) is 9.97 Å². The largest absolute Gasteiger partial charge is 0.490 e. The fraction of sp³-hybridized carbons (Fsp3) is 0.231. The third-order valence-electron chi connectivity index (χ3n) is 2.67. The summed E-state index contributed by atoms with van der Waals surface area (Å²) in [7, 11) is 1.52. The predicted molar refractivity (Wildman–Crippen MR) is 82.2 cm³/mol. The highest BCUT2D eigenvalue weighted by Crippen LogP contribution is 2.28. The molecule has 0 aliphatic heterocycles. The maximum atomic E-state index is 6.11. The maximum Gasteiger partial charge on any atom is 0.198 e. The molecular formula is C13H12Cl3N3O. The number of benzene rings is 1. The molecule has 0 saturated carbocycles. The van der Waals surface area contributed by atoms with Crippen molar-refractivity contribution in [3.63, 3.8) is 0 Å². The second kappa shape index (κ2) is 6.97. The number of hydrogen-bond donors (Lipinski definition) is 1. The zero-order chi connectivity index (χ0) is 14.5. The number of aromatic nitrogens is 2.